The molecule has 1 N–H and O–H groups in total. The molecule has 0 radical (unpaired) electrons. The predicted molar refractivity (Wildman–Crippen MR) is 61.9 cm³/mol. The molecule has 1 aliphatic heterocycles. The molecule has 4 nitrogen and oxygen atoms in total. The highest BCUT2D eigenvalue weighted by Crippen LogP contribution is 2.13. The molecule has 4 heteroatoms. The second-order valence-electron chi connectivity index (χ2n) is 4.37. The van der Waals surface area contributed by atoms with Crippen molar-refractivity contribution >= 4 is 6.03 Å². The van der Waals surface area contributed by atoms with E-state index in [1.807, 2.05) is 25.9 Å². The Bertz CT molecular complexity index is 202. The van der Waals surface area contributed by atoms with Crippen LogP contribution >= 0.6 is 0 Å². The van der Waals surface area contributed by atoms with Gasteiger partial charge in [-0.15, -0.1) is 0 Å². The molecule has 1 rings (SSSR count). The standard InChI is InChI=1S/C11H23N3O/c1-4-13(2)11(15)14(3)9-10-5-7-12-8-6-10/h10,12H,4-9H2,1-3H3. The van der Waals surface area contributed by atoms with Crippen molar-refractivity contribution in [2.24, 2.45) is 5.92 Å². The van der Waals surface area contributed by atoms with Crippen LogP contribution in [0, 0.1) is 5.92 Å². The minimum atomic E-state index is 0.135. The van der Waals surface area contributed by atoms with Gasteiger partial charge in [-0.05, 0) is 38.8 Å². The molecular weight excluding hydrogens is 190 g/mol. The maximum Gasteiger partial charge on any atom is 0.319 e. The van der Waals surface area contributed by atoms with E-state index in [9.17, 15) is 4.79 Å². The molecule has 0 aromatic carbocycles. The number of urea groups is 1. The van der Waals surface area contributed by atoms with E-state index in [2.05, 4.69) is 5.32 Å². The number of hydrogen-bond donors (Lipinski definition) is 1. The largest absolute Gasteiger partial charge is 0.328 e. The highest BCUT2D eigenvalue weighted by atomic mass is 16.2. The lowest BCUT2D eigenvalue weighted by atomic mass is 9.98. The van der Waals surface area contributed by atoms with Gasteiger partial charge in [0.2, 0.25) is 0 Å². The van der Waals surface area contributed by atoms with Crippen molar-refractivity contribution in [1.29, 1.82) is 0 Å². The highest BCUT2D eigenvalue weighted by Gasteiger charge is 2.19. The van der Waals surface area contributed by atoms with E-state index in [0.29, 0.717) is 5.92 Å². The molecule has 1 fully saturated rings. The van der Waals surface area contributed by atoms with Crippen LogP contribution < -0.4 is 5.32 Å². The van der Waals surface area contributed by atoms with Crippen LogP contribution in [0.1, 0.15) is 19.8 Å². The number of nitrogens with zero attached hydrogens (tertiary/aromatic N) is 2. The second kappa shape index (κ2) is 5.95. The third-order valence-electron chi connectivity index (χ3n) is 3.12. The predicted octanol–water partition coefficient (Wildman–Crippen LogP) is 0.990. The molecule has 0 aliphatic carbocycles. The fraction of sp³-hybridized carbons (Fsp3) is 0.909. The second-order valence-corrected chi connectivity index (χ2v) is 4.37. The number of carbonyl (C=O) groups excluding carboxylic acids is 1. The van der Waals surface area contributed by atoms with Gasteiger partial charge in [0, 0.05) is 27.2 Å². The van der Waals surface area contributed by atoms with Gasteiger partial charge in [0.25, 0.3) is 0 Å². The summed E-state index contributed by atoms with van der Waals surface area (Å²) < 4.78 is 0. The summed E-state index contributed by atoms with van der Waals surface area (Å²) >= 11 is 0. The molecule has 0 atom stereocenters. The van der Waals surface area contributed by atoms with Crippen molar-refractivity contribution < 1.29 is 4.79 Å². The van der Waals surface area contributed by atoms with E-state index in [1.165, 1.54) is 12.8 Å². The van der Waals surface area contributed by atoms with E-state index in [-0.39, 0.29) is 6.03 Å². The average Bonchev–Trinajstić information content (AvgIpc) is 2.28. The Morgan fingerprint density at radius 2 is 1.87 bits per heavy atom. The number of piperidine rings is 1. The Labute approximate surface area is 92.6 Å². The third-order valence-corrected chi connectivity index (χ3v) is 3.12. The minimum absolute atomic E-state index is 0.135. The van der Waals surface area contributed by atoms with Crippen molar-refractivity contribution in [3.05, 3.63) is 0 Å². The Kier molecular flexibility index (Phi) is 4.88. The number of hydrogen-bond acceptors (Lipinski definition) is 2. The van der Waals surface area contributed by atoms with E-state index in [1.54, 1.807) is 4.90 Å². The van der Waals surface area contributed by atoms with E-state index < -0.39 is 0 Å². The molecular formula is C11H23N3O. The van der Waals surface area contributed by atoms with Gasteiger partial charge in [-0.3, -0.25) is 0 Å². The van der Waals surface area contributed by atoms with Gasteiger partial charge in [-0.25, -0.2) is 4.79 Å². The number of nitrogens with one attached hydrogen (secondary N) is 1. The summed E-state index contributed by atoms with van der Waals surface area (Å²) in [4.78, 5) is 15.4. The number of rotatable bonds is 3. The summed E-state index contributed by atoms with van der Waals surface area (Å²) in [6.45, 7) is 5.85. The van der Waals surface area contributed by atoms with Crippen LogP contribution in [-0.2, 0) is 0 Å². The molecule has 1 saturated heterocycles. The van der Waals surface area contributed by atoms with Gasteiger partial charge >= 0.3 is 6.03 Å². The molecule has 0 bridgehead atoms. The molecule has 88 valence electrons. The van der Waals surface area contributed by atoms with Crippen LogP contribution in [0.15, 0.2) is 0 Å². The molecule has 1 aliphatic rings. The van der Waals surface area contributed by atoms with E-state index in [4.69, 9.17) is 0 Å². The molecule has 1 heterocycles. The minimum Gasteiger partial charge on any atom is -0.328 e. The topological polar surface area (TPSA) is 35.6 Å². The van der Waals surface area contributed by atoms with Crippen molar-refractivity contribution in [2.45, 2.75) is 19.8 Å². The number of amides is 2. The van der Waals surface area contributed by atoms with Crippen LogP contribution in [0.25, 0.3) is 0 Å². The quantitative estimate of drug-likeness (QED) is 0.759. The molecule has 0 unspecified atom stereocenters. The lowest BCUT2D eigenvalue weighted by molar-refractivity contribution is 0.163. The summed E-state index contributed by atoms with van der Waals surface area (Å²) in [5.74, 6) is 0.672. The fourth-order valence-corrected chi connectivity index (χ4v) is 1.96. The van der Waals surface area contributed by atoms with Crippen LogP contribution in [0.3, 0.4) is 0 Å². The van der Waals surface area contributed by atoms with E-state index >= 15 is 0 Å². The van der Waals surface area contributed by atoms with E-state index in [0.717, 1.165) is 26.2 Å². The maximum atomic E-state index is 11.8. The lowest BCUT2D eigenvalue weighted by Gasteiger charge is -2.30. The number of carbonyl (C=O) groups is 1. The SMILES string of the molecule is CCN(C)C(=O)N(C)CC1CCNCC1. The summed E-state index contributed by atoms with van der Waals surface area (Å²) in [5.41, 5.74) is 0. The van der Waals surface area contributed by atoms with Gasteiger partial charge in [-0.2, -0.15) is 0 Å². The molecule has 0 saturated carbocycles. The normalized spacial score (nSPS) is 17.5. The zero-order valence-electron chi connectivity index (χ0n) is 10.1. The first-order chi connectivity index (χ1) is 7.15. The molecule has 15 heavy (non-hydrogen) atoms. The molecule has 0 aromatic heterocycles. The first kappa shape index (κ1) is 12.3. The summed E-state index contributed by atoms with van der Waals surface area (Å²) in [6, 6.07) is 0.135. The van der Waals surface area contributed by atoms with Gasteiger partial charge in [-0.1, -0.05) is 0 Å². The molecule has 0 aromatic rings. The highest BCUT2D eigenvalue weighted by molar-refractivity contribution is 5.73. The molecule has 2 amide bonds. The van der Waals surface area contributed by atoms with Crippen LogP contribution in [-0.4, -0.2) is 56.1 Å². The summed E-state index contributed by atoms with van der Waals surface area (Å²) in [6.07, 6.45) is 2.38. The van der Waals surface area contributed by atoms with Gasteiger partial charge in [0.15, 0.2) is 0 Å². The first-order valence-electron chi connectivity index (χ1n) is 5.82. The Morgan fingerprint density at radius 1 is 1.27 bits per heavy atom. The average molecular weight is 213 g/mol. The Morgan fingerprint density at radius 3 is 2.40 bits per heavy atom. The zero-order chi connectivity index (χ0) is 11.3. The lowest BCUT2D eigenvalue weighted by Crippen LogP contribution is -2.42. The smallest absolute Gasteiger partial charge is 0.319 e. The Hall–Kier alpha value is -0.770. The van der Waals surface area contributed by atoms with Gasteiger partial charge in [0.05, 0.1) is 0 Å². The van der Waals surface area contributed by atoms with Crippen LogP contribution in [0.2, 0.25) is 0 Å². The monoisotopic (exact) mass is 213 g/mol. The summed E-state index contributed by atoms with van der Waals surface area (Å²) in [5, 5.41) is 3.34. The van der Waals surface area contributed by atoms with Crippen LogP contribution in [0.4, 0.5) is 4.79 Å². The van der Waals surface area contributed by atoms with Crippen LogP contribution in [0.5, 0.6) is 0 Å². The Balaban J connectivity index is 2.33. The van der Waals surface area contributed by atoms with Crippen molar-refractivity contribution in [2.75, 3.05) is 40.3 Å². The first-order valence-corrected chi connectivity index (χ1v) is 5.82. The van der Waals surface area contributed by atoms with Crippen molar-refractivity contribution in [1.82, 2.24) is 15.1 Å². The third kappa shape index (κ3) is 3.70. The van der Waals surface area contributed by atoms with Crippen molar-refractivity contribution in [3.63, 3.8) is 0 Å². The maximum absolute atomic E-state index is 11.8. The summed E-state index contributed by atoms with van der Waals surface area (Å²) in [7, 11) is 3.75. The van der Waals surface area contributed by atoms with Gasteiger partial charge in [0.1, 0.15) is 0 Å². The van der Waals surface area contributed by atoms with Gasteiger partial charge < -0.3 is 15.1 Å². The molecule has 0 spiro atoms. The fourth-order valence-electron chi connectivity index (χ4n) is 1.96. The zero-order valence-corrected chi connectivity index (χ0v) is 10.1. The van der Waals surface area contributed by atoms with Crippen molar-refractivity contribution in [3.8, 4) is 0 Å².